The Labute approximate surface area is 245 Å². The zero-order valence-corrected chi connectivity index (χ0v) is 23.6. The maximum Gasteiger partial charge on any atom is 0.163 e. The summed E-state index contributed by atoms with van der Waals surface area (Å²) in [7, 11) is 1.60. The van der Waals surface area contributed by atoms with E-state index in [2.05, 4.69) is 26.8 Å². The van der Waals surface area contributed by atoms with Gasteiger partial charge in [0.25, 0.3) is 0 Å². The summed E-state index contributed by atoms with van der Waals surface area (Å²) < 4.78 is 30.2. The number of nitrogens with zero attached hydrogens (tertiary/aromatic N) is 4. The molecule has 4 N–H and O–H groups in total. The molecule has 0 amide bonds. The van der Waals surface area contributed by atoms with Crippen molar-refractivity contribution >= 4 is 40.2 Å². The van der Waals surface area contributed by atoms with Gasteiger partial charge in [-0.3, -0.25) is 0 Å². The molecule has 0 spiro atoms. The summed E-state index contributed by atoms with van der Waals surface area (Å²) in [5, 5.41) is 3.96. The number of methoxy groups -OCH3 is 1. The molecule has 0 saturated carbocycles. The van der Waals surface area contributed by atoms with E-state index in [0.29, 0.717) is 73.3 Å². The SMILES string of the molecule is C.CCCSNc1cccc(-c2cc(OC)c3nc(-c4ccc(NCCN)nc4)nc(N4CCOCC4)c3c2)c1F. The summed E-state index contributed by atoms with van der Waals surface area (Å²) in [5.41, 5.74) is 8.63. The van der Waals surface area contributed by atoms with Gasteiger partial charge in [0.05, 0.1) is 26.0 Å². The molecule has 0 radical (unpaired) electrons. The van der Waals surface area contributed by atoms with Crippen molar-refractivity contribution < 1.29 is 13.9 Å². The molecule has 218 valence electrons. The van der Waals surface area contributed by atoms with Crippen LogP contribution in [0.15, 0.2) is 48.7 Å². The van der Waals surface area contributed by atoms with Crippen LogP contribution < -0.4 is 25.4 Å². The molecule has 2 aromatic heterocycles. The number of nitrogens with one attached hydrogen (secondary N) is 2. The lowest BCUT2D eigenvalue weighted by atomic mass is 10.0. The average Bonchev–Trinajstić information content (AvgIpc) is 3.00. The molecular weight excluding hydrogens is 541 g/mol. The van der Waals surface area contributed by atoms with Crippen LogP contribution in [0, 0.1) is 5.82 Å². The molecule has 9 nitrogen and oxygen atoms in total. The molecule has 0 atom stereocenters. The quantitative estimate of drug-likeness (QED) is 0.148. The molecule has 41 heavy (non-hydrogen) atoms. The van der Waals surface area contributed by atoms with E-state index in [0.717, 1.165) is 34.8 Å². The van der Waals surface area contributed by atoms with Crippen molar-refractivity contribution in [3.8, 4) is 28.3 Å². The number of fused-ring (bicyclic) bond motifs is 1. The standard InChI is InChI=1S/C29H34FN7O2S.CH4/c1-3-15-40-36-23-6-4-5-21(26(23)30)20-16-22-27(24(17-20)38-2)34-28(35-29(22)37-11-13-39-14-12-37)19-7-8-25(33-18-19)32-10-9-31;/h4-8,16-18,36H,3,9-15,31H2,1-2H3,(H,32,33);1H4. The minimum atomic E-state index is -0.313. The second kappa shape index (κ2) is 14.3. The Bertz CT molecular complexity index is 1450. The van der Waals surface area contributed by atoms with E-state index in [4.69, 9.17) is 25.2 Å². The zero-order valence-electron chi connectivity index (χ0n) is 22.7. The Hall–Kier alpha value is -3.67. The van der Waals surface area contributed by atoms with Gasteiger partial charge in [0.2, 0.25) is 0 Å². The monoisotopic (exact) mass is 579 g/mol. The van der Waals surface area contributed by atoms with E-state index < -0.39 is 0 Å². The van der Waals surface area contributed by atoms with E-state index >= 15 is 4.39 Å². The minimum Gasteiger partial charge on any atom is -0.494 e. The van der Waals surface area contributed by atoms with Crippen LogP contribution in [0.1, 0.15) is 20.8 Å². The molecule has 1 aliphatic heterocycles. The topological polar surface area (TPSA) is 110 Å². The van der Waals surface area contributed by atoms with Crippen molar-refractivity contribution in [2.45, 2.75) is 20.8 Å². The average molecular weight is 580 g/mol. The summed E-state index contributed by atoms with van der Waals surface area (Å²) >= 11 is 1.49. The molecule has 0 bridgehead atoms. The second-order valence-electron chi connectivity index (χ2n) is 9.31. The molecular formula is C30H38FN7O2S. The van der Waals surface area contributed by atoms with E-state index in [1.165, 1.54) is 11.9 Å². The van der Waals surface area contributed by atoms with E-state index in [-0.39, 0.29) is 13.2 Å². The summed E-state index contributed by atoms with van der Waals surface area (Å²) in [5.74, 6) is 3.13. The van der Waals surface area contributed by atoms with Crippen LogP contribution in [0.2, 0.25) is 0 Å². The highest BCUT2D eigenvalue weighted by atomic mass is 32.2. The van der Waals surface area contributed by atoms with E-state index in [1.54, 1.807) is 25.4 Å². The first-order valence-electron chi connectivity index (χ1n) is 13.4. The fourth-order valence-electron chi connectivity index (χ4n) is 4.54. The number of rotatable bonds is 11. The van der Waals surface area contributed by atoms with Crippen LogP contribution in [0.3, 0.4) is 0 Å². The largest absolute Gasteiger partial charge is 0.494 e. The number of pyridine rings is 1. The number of hydrogen-bond donors (Lipinski definition) is 3. The highest BCUT2D eigenvalue weighted by Crippen LogP contribution is 2.39. The van der Waals surface area contributed by atoms with Crippen molar-refractivity contribution in [3.05, 3.63) is 54.5 Å². The molecule has 1 aliphatic rings. The minimum absolute atomic E-state index is 0. The molecule has 0 aliphatic carbocycles. The van der Waals surface area contributed by atoms with Gasteiger partial charge in [-0.2, -0.15) is 0 Å². The van der Waals surface area contributed by atoms with E-state index in [9.17, 15) is 0 Å². The van der Waals surface area contributed by atoms with Crippen molar-refractivity contribution in [1.29, 1.82) is 0 Å². The normalized spacial score (nSPS) is 13.1. The zero-order chi connectivity index (χ0) is 27.9. The van der Waals surface area contributed by atoms with E-state index in [1.807, 2.05) is 30.3 Å². The lowest BCUT2D eigenvalue weighted by molar-refractivity contribution is 0.122. The maximum atomic E-state index is 15.7. The number of halogens is 1. The molecule has 4 aromatic rings. The van der Waals surface area contributed by atoms with Gasteiger partial charge in [0.1, 0.15) is 22.9 Å². The van der Waals surface area contributed by atoms with Gasteiger partial charge in [-0.1, -0.05) is 38.4 Å². The van der Waals surface area contributed by atoms with Gasteiger partial charge >= 0.3 is 0 Å². The van der Waals surface area contributed by atoms with Crippen molar-refractivity contribution in [2.75, 3.05) is 67.2 Å². The Balaban J connectivity index is 0.00000387. The van der Waals surface area contributed by atoms with Crippen LogP contribution in [0.5, 0.6) is 5.75 Å². The summed E-state index contributed by atoms with van der Waals surface area (Å²) in [4.78, 5) is 16.6. The third-order valence-corrected chi connectivity index (χ3v) is 7.52. The van der Waals surface area contributed by atoms with Gasteiger partial charge < -0.3 is 30.1 Å². The van der Waals surface area contributed by atoms with Gasteiger partial charge in [-0.15, -0.1) is 0 Å². The smallest absolute Gasteiger partial charge is 0.163 e. The lowest BCUT2D eigenvalue weighted by Crippen LogP contribution is -2.37. The number of nitrogens with two attached hydrogens (primary N) is 1. The summed E-state index contributed by atoms with van der Waals surface area (Å²) in [6, 6.07) is 13.0. The molecule has 5 rings (SSSR count). The number of hydrogen-bond acceptors (Lipinski definition) is 10. The Morgan fingerprint density at radius 2 is 1.95 bits per heavy atom. The highest BCUT2D eigenvalue weighted by Gasteiger charge is 2.22. The number of aromatic nitrogens is 3. The van der Waals surface area contributed by atoms with Gasteiger partial charge in [0.15, 0.2) is 11.6 Å². The molecule has 11 heteroatoms. The first-order chi connectivity index (χ1) is 19.6. The van der Waals surface area contributed by atoms with Crippen molar-refractivity contribution in [2.24, 2.45) is 5.73 Å². The first kappa shape index (κ1) is 30.3. The third kappa shape index (κ3) is 6.80. The highest BCUT2D eigenvalue weighted by molar-refractivity contribution is 8.00. The Kier molecular flexibility index (Phi) is 10.6. The molecule has 2 aromatic carbocycles. The number of morpholine rings is 1. The fraction of sp³-hybridized carbons (Fsp3) is 0.367. The number of benzene rings is 2. The van der Waals surface area contributed by atoms with Crippen LogP contribution >= 0.6 is 11.9 Å². The molecule has 3 heterocycles. The number of ether oxygens (including phenoxy) is 2. The van der Waals surface area contributed by atoms with Crippen LogP contribution in [-0.4, -0.2) is 67.2 Å². The van der Waals surface area contributed by atoms with Gasteiger partial charge in [-0.25, -0.2) is 19.3 Å². The predicted octanol–water partition coefficient (Wildman–Crippen LogP) is 5.82. The van der Waals surface area contributed by atoms with Gasteiger partial charge in [-0.05, 0) is 42.3 Å². The Morgan fingerprint density at radius 1 is 1.12 bits per heavy atom. The first-order valence-corrected chi connectivity index (χ1v) is 14.4. The van der Waals surface area contributed by atoms with Crippen LogP contribution in [0.25, 0.3) is 33.4 Å². The second-order valence-corrected chi connectivity index (χ2v) is 10.2. The molecule has 1 saturated heterocycles. The van der Waals surface area contributed by atoms with Crippen LogP contribution in [-0.2, 0) is 4.74 Å². The van der Waals surface area contributed by atoms with Gasteiger partial charge in [0, 0.05) is 54.6 Å². The molecule has 0 unspecified atom stereocenters. The van der Waals surface area contributed by atoms with Crippen molar-refractivity contribution in [1.82, 2.24) is 15.0 Å². The predicted molar refractivity (Wildman–Crippen MR) is 168 cm³/mol. The lowest BCUT2D eigenvalue weighted by Gasteiger charge is -2.29. The van der Waals surface area contributed by atoms with Crippen molar-refractivity contribution in [3.63, 3.8) is 0 Å². The number of anilines is 3. The molecule has 1 fully saturated rings. The fourth-order valence-corrected chi connectivity index (χ4v) is 5.16. The summed E-state index contributed by atoms with van der Waals surface area (Å²) in [6.45, 7) is 5.80. The Morgan fingerprint density at radius 3 is 2.66 bits per heavy atom. The van der Waals surface area contributed by atoms with Crippen LogP contribution in [0.4, 0.5) is 21.7 Å². The summed E-state index contributed by atoms with van der Waals surface area (Å²) in [6.07, 6.45) is 2.74. The third-order valence-electron chi connectivity index (χ3n) is 6.55. The maximum absolute atomic E-state index is 15.7.